The smallest absolute Gasteiger partial charge is 0.265 e. The molecule has 8 nitrogen and oxygen atoms in total. The number of nitrogens with one attached hydrogen (secondary N) is 1. The monoisotopic (exact) mass is 398 g/mol. The van der Waals surface area contributed by atoms with Gasteiger partial charge in [-0.25, -0.2) is 0 Å². The topological polar surface area (TPSA) is 94.2 Å². The average molecular weight is 398 g/mol. The van der Waals surface area contributed by atoms with Gasteiger partial charge in [0.15, 0.2) is 30.0 Å². The fourth-order valence-electron chi connectivity index (χ4n) is 2.99. The van der Waals surface area contributed by atoms with Crippen LogP contribution in [0.2, 0.25) is 0 Å². The van der Waals surface area contributed by atoms with Gasteiger partial charge in [-0.1, -0.05) is 12.1 Å². The molecule has 0 fully saturated rings. The lowest BCUT2D eigenvalue weighted by Crippen LogP contribution is -2.51. The number of anilines is 1. The number of rotatable bonds is 6. The molecule has 152 valence electrons. The number of ether oxygens (including phenoxy) is 3. The van der Waals surface area contributed by atoms with E-state index in [1.54, 1.807) is 42.5 Å². The number of hydrogen-bond donors (Lipinski definition) is 1. The van der Waals surface area contributed by atoms with Crippen molar-refractivity contribution in [2.45, 2.75) is 13.0 Å². The van der Waals surface area contributed by atoms with Crippen LogP contribution in [0.3, 0.4) is 0 Å². The molecular weight excluding hydrogens is 376 g/mol. The van der Waals surface area contributed by atoms with Crippen LogP contribution in [-0.2, 0) is 9.59 Å². The van der Waals surface area contributed by atoms with Crippen LogP contribution in [0.1, 0.15) is 17.3 Å². The zero-order valence-corrected chi connectivity index (χ0v) is 16.4. The SMILES string of the molecule is CNC(=O)[C@H]1CN(C(=O)COc2ccc(C(C)=O)cc2OC)c2ccccc2O1. The summed E-state index contributed by atoms with van der Waals surface area (Å²) >= 11 is 0. The summed E-state index contributed by atoms with van der Waals surface area (Å²) in [4.78, 5) is 37.9. The molecular formula is C21H22N2O6. The van der Waals surface area contributed by atoms with E-state index in [1.807, 2.05) is 0 Å². The van der Waals surface area contributed by atoms with Crippen LogP contribution >= 0.6 is 0 Å². The first-order valence-electron chi connectivity index (χ1n) is 9.04. The van der Waals surface area contributed by atoms with E-state index in [9.17, 15) is 14.4 Å². The molecule has 0 unspecified atom stereocenters. The lowest BCUT2D eigenvalue weighted by molar-refractivity contribution is -0.128. The van der Waals surface area contributed by atoms with Crippen molar-refractivity contribution in [3.8, 4) is 17.2 Å². The van der Waals surface area contributed by atoms with Crippen LogP contribution < -0.4 is 24.4 Å². The molecule has 1 aliphatic rings. The summed E-state index contributed by atoms with van der Waals surface area (Å²) < 4.78 is 16.6. The van der Waals surface area contributed by atoms with Gasteiger partial charge in [0.1, 0.15) is 5.75 Å². The molecule has 0 saturated heterocycles. The lowest BCUT2D eigenvalue weighted by atomic mass is 10.1. The number of carbonyl (C=O) groups excluding carboxylic acids is 3. The standard InChI is InChI=1S/C21H22N2O6/c1-13(24)14-8-9-17(18(10-14)27-3)28-12-20(25)23-11-19(21(26)22-2)29-16-7-5-4-6-15(16)23/h4-10,19H,11-12H2,1-3H3,(H,22,26)/t19-/m1/s1. The van der Waals surface area contributed by atoms with Gasteiger partial charge in [-0.05, 0) is 37.3 Å². The van der Waals surface area contributed by atoms with Crippen molar-refractivity contribution in [3.63, 3.8) is 0 Å². The maximum absolute atomic E-state index is 12.9. The number of fused-ring (bicyclic) bond motifs is 1. The Kier molecular flexibility index (Phi) is 6.01. The summed E-state index contributed by atoms with van der Waals surface area (Å²) in [6.45, 7) is 1.25. The number of likely N-dealkylation sites (N-methyl/N-ethyl adjacent to an activating group) is 1. The zero-order valence-electron chi connectivity index (χ0n) is 16.4. The van der Waals surface area contributed by atoms with Crippen LogP contribution in [0.15, 0.2) is 42.5 Å². The number of nitrogens with zero attached hydrogens (tertiary/aromatic N) is 1. The highest BCUT2D eigenvalue weighted by Crippen LogP contribution is 2.34. The molecule has 2 aromatic rings. The fraction of sp³-hybridized carbons (Fsp3) is 0.286. The van der Waals surface area contributed by atoms with Gasteiger partial charge in [-0.2, -0.15) is 0 Å². The van der Waals surface area contributed by atoms with Crippen molar-refractivity contribution in [1.82, 2.24) is 5.32 Å². The van der Waals surface area contributed by atoms with Crippen LogP contribution in [0.5, 0.6) is 17.2 Å². The van der Waals surface area contributed by atoms with E-state index in [-0.39, 0.29) is 30.7 Å². The Morgan fingerprint density at radius 3 is 2.62 bits per heavy atom. The van der Waals surface area contributed by atoms with E-state index < -0.39 is 6.10 Å². The van der Waals surface area contributed by atoms with Gasteiger partial charge in [0.25, 0.3) is 11.8 Å². The molecule has 2 aromatic carbocycles. The maximum Gasteiger partial charge on any atom is 0.265 e. The minimum atomic E-state index is -0.816. The van der Waals surface area contributed by atoms with Gasteiger partial charge >= 0.3 is 0 Å². The minimum Gasteiger partial charge on any atom is -0.493 e. The quantitative estimate of drug-likeness (QED) is 0.746. The van der Waals surface area contributed by atoms with Crippen LogP contribution in [0, 0.1) is 0 Å². The van der Waals surface area contributed by atoms with Gasteiger partial charge in [0, 0.05) is 12.6 Å². The van der Waals surface area contributed by atoms with E-state index in [0.717, 1.165) is 0 Å². The highest BCUT2D eigenvalue weighted by atomic mass is 16.5. The molecule has 1 aliphatic heterocycles. The van der Waals surface area contributed by atoms with Gasteiger partial charge < -0.3 is 24.4 Å². The summed E-state index contributed by atoms with van der Waals surface area (Å²) in [5.41, 5.74) is 1.05. The number of hydrogen-bond acceptors (Lipinski definition) is 6. The predicted octanol–water partition coefficient (Wildman–Crippen LogP) is 1.82. The number of methoxy groups -OCH3 is 1. The van der Waals surface area contributed by atoms with Gasteiger partial charge in [0.05, 0.1) is 19.3 Å². The first-order chi connectivity index (χ1) is 13.9. The van der Waals surface area contributed by atoms with E-state index in [0.29, 0.717) is 28.5 Å². The third kappa shape index (κ3) is 4.31. The largest absolute Gasteiger partial charge is 0.493 e. The van der Waals surface area contributed by atoms with Crippen molar-refractivity contribution in [1.29, 1.82) is 0 Å². The molecule has 3 rings (SSSR count). The molecule has 8 heteroatoms. The summed E-state index contributed by atoms with van der Waals surface area (Å²) in [6.07, 6.45) is -0.816. The first kappa shape index (κ1) is 20.2. The fourth-order valence-corrected chi connectivity index (χ4v) is 2.99. The number of Topliss-reactive ketones (excluding diaryl/α,β-unsaturated/α-hetero) is 1. The highest BCUT2D eigenvalue weighted by Gasteiger charge is 2.33. The van der Waals surface area contributed by atoms with Crippen molar-refractivity contribution < 1.29 is 28.6 Å². The summed E-state index contributed by atoms with van der Waals surface area (Å²) in [6, 6.07) is 11.8. The number of carbonyl (C=O) groups is 3. The molecule has 1 N–H and O–H groups in total. The maximum atomic E-state index is 12.9. The number of amides is 2. The summed E-state index contributed by atoms with van der Waals surface area (Å²) in [5, 5.41) is 2.54. The Morgan fingerprint density at radius 1 is 1.17 bits per heavy atom. The molecule has 0 spiro atoms. The predicted molar refractivity (Wildman–Crippen MR) is 106 cm³/mol. The summed E-state index contributed by atoms with van der Waals surface area (Å²) in [7, 11) is 2.97. The number of para-hydroxylation sites is 2. The molecule has 0 aliphatic carbocycles. The molecule has 1 heterocycles. The first-order valence-corrected chi connectivity index (χ1v) is 9.04. The molecule has 0 radical (unpaired) electrons. The van der Waals surface area contributed by atoms with E-state index in [4.69, 9.17) is 14.2 Å². The van der Waals surface area contributed by atoms with E-state index in [2.05, 4.69) is 5.32 Å². The second kappa shape index (κ2) is 8.64. The second-order valence-corrected chi connectivity index (χ2v) is 6.40. The third-order valence-electron chi connectivity index (χ3n) is 4.53. The van der Waals surface area contributed by atoms with Gasteiger partial charge in [-0.15, -0.1) is 0 Å². The van der Waals surface area contributed by atoms with Crippen molar-refractivity contribution in [2.24, 2.45) is 0 Å². The Labute approximate surface area is 168 Å². The molecule has 0 aromatic heterocycles. The Morgan fingerprint density at radius 2 is 1.93 bits per heavy atom. The molecule has 0 saturated carbocycles. The van der Waals surface area contributed by atoms with Crippen molar-refractivity contribution in [2.75, 3.05) is 32.2 Å². The Bertz CT molecular complexity index is 943. The van der Waals surface area contributed by atoms with Crippen LogP contribution in [0.25, 0.3) is 0 Å². The number of ketones is 1. The molecule has 29 heavy (non-hydrogen) atoms. The van der Waals surface area contributed by atoms with Crippen LogP contribution in [0.4, 0.5) is 5.69 Å². The highest BCUT2D eigenvalue weighted by molar-refractivity contribution is 5.98. The lowest BCUT2D eigenvalue weighted by Gasteiger charge is -2.33. The van der Waals surface area contributed by atoms with Crippen molar-refractivity contribution in [3.05, 3.63) is 48.0 Å². The third-order valence-corrected chi connectivity index (χ3v) is 4.53. The Balaban J connectivity index is 1.78. The molecule has 0 bridgehead atoms. The minimum absolute atomic E-state index is 0.0687. The summed E-state index contributed by atoms with van der Waals surface area (Å²) in [5.74, 6) is 0.388. The Hall–Kier alpha value is -3.55. The molecule has 1 atom stereocenters. The average Bonchev–Trinajstić information content (AvgIpc) is 2.75. The van der Waals surface area contributed by atoms with E-state index in [1.165, 1.54) is 26.0 Å². The normalized spacial score (nSPS) is 15.0. The zero-order chi connectivity index (χ0) is 21.0. The molecule has 2 amide bonds. The van der Waals surface area contributed by atoms with E-state index >= 15 is 0 Å². The van der Waals surface area contributed by atoms with Crippen LogP contribution in [-0.4, -0.2) is 51.0 Å². The van der Waals surface area contributed by atoms with Gasteiger partial charge in [0.2, 0.25) is 0 Å². The number of benzene rings is 2. The second-order valence-electron chi connectivity index (χ2n) is 6.40. The van der Waals surface area contributed by atoms with Gasteiger partial charge in [-0.3, -0.25) is 14.4 Å². The van der Waals surface area contributed by atoms with Crippen molar-refractivity contribution >= 4 is 23.3 Å².